The van der Waals surface area contributed by atoms with Gasteiger partial charge in [-0.2, -0.15) is 4.72 Å². The van der Waals surface area contributed by atoms with Crippen LogP contribution in [0.1, 0.15) is 25.8 Å². The van der Waals surface area contributed by atoms with Crippen molar-refractivity contribution < 1.29 is 22.7 Å². The number of nitrogens with two attached hydrogens (primary N) is 1. The van der Waals surface area contributed by atoms with Crippen molar-refractivity contribution in [3.63, 3.8) is 0 Å². The minimum atomic E-state index is -3.93. The third kappa shape index (κ3) is 6.24. The fourth-order valence-corrected chi connectivity index (χ4v) is 4.43. The Labute approximate surface area is 177 Å². The van der Waals surface area contributed by atoms with Crippen LogP contribution in [0.3, 0.4) is 0 Å². The maximum absolute atomic E-state index is 12.8. The maximum Gasteiger partial charge on any atom is 0.242 e. The number of carbonyl (C=O) groups excluding carboxylic acids is 1. The van der Waals surface area contributed by atoms with E-state index in [9.17, 15) is 13.2 Å². The molecule has 8 heteroatoms. The molecule has 3 N–H and O–H groups in total. The number of carbonyl (C=O) groups is 1. The zero-order chi connectivity index (χ0) is 22.2. The Hall–Kier alpha value is -3.02. The Bertz CT molecular complexity index is 984. The quantitative estimate of drug-likeness (QED) is 0.532. The van der Waals surface area contributed by atoms with Crippen LogP contribution < -0.4 is 19.9 Å². The van der Waals surface area contributed by atoms with Crippen LogP contribution in [0.4, 0.5) is 0 Å². The van der Waals surface area contributed by atoms with E-state index in [1.165, 1.54) is 6.92 Å². The zero-order valence-corrected chi connectivity index (χ0v) is 17.8. The SMILES string of the molecule is C#CCC(Oc1ccc(OCC)cc1)C(C)(NS(=O)(=O)Cc1ccccc1)C(N)=O. The van der Waals surface area contributed by atoms with E-state index in [0.29, 0.717) is 23.7 Å². The molecule has 0 fully saturated rings. The van der Waals surface area contributed by atoms with Gasteiger partial charge in [-0.3, -0.25) is 4.79 Å². The maximum atomic E-state index is 12.8. The molecule has 0 bridgehead atoms. The van der Waals surface area contributed by atoms with Gasteiger partial charge in [0.15, 0.2) is 0 Å². The monoisotopic (exact) mass is 430 g/mol. The first-order chi connectivity index (χ1) is 14.2. The highest BCUT2D eigenvalue weighted by molar-refractivity contribution is 7.88. The molecular formula is C22H26N2O5S. The van der Waals surface area contributed by atoms with Gasteiger partial charge in [0.05, 0.1) is 12.4 Å². The van der Waals surface area contributed by atoms with E-state index >= 15 is 0 Å². The first-order valence-electron chi connectivity index (χ1n) is 9.38. The molecule has 0 aromatic heterocycles. The van der Waals surface area contributed by atoms with Gasteiger partial charge >= 0.3 is 0 Å². The van der Waals surface area contributed by atoms with Crippen LogP contribution in [0, 0.1) is 12.3 Å². The summed E-state index contributed by atoms with van der Waals surface area (Å²) in [5.41, 5.74) is 4.39. The van der Waals surface area contributed by atoms with Gasteiger partial charge < -0.3 is 15.2 Å². The van der Waals surface area contributed by atoms with Gasteiger partial charge in [0.2, 0.25) is 15.9 Å². The number of sulfonamides is 1. The summed E-state index contributed by atoms with van der Waals surface area (Å²) in [6, 6.07) is 15.3. The van der Waals surface area contributed by atoms with Crippen LogP contribution in [-0.4, -0.2) is 32.6 Å². The zero-order valence-electron chi connectivity index (χ0n) is 17.0. The van der Waals surface area contributed by atoms with Gasteiger partial charge in [0.25, 0.3) is 0 Å². The minimum Gasteiger partial charge on any atom is -0.494 e. The fraction of sp³-hybridized carbons (Fsp3) is 0.318. The predicted octanol–water partition coefficient (Wildman–Crippen LogP) is 2.22. The van der Waals surface area contributed by atoms with E-state index in [2.05, 4.69) is 10.6 Å². The molecule has 0 radical (unpaired) electrons. The Morgan fingerprint density at radius 1 is 1.17 bits per heavy atom. The van der Waals surface area contributed by atoms with E-state index in [-0.39, 0.29) is 12.2 Å². The lowest BCUT2D eigenvalue weighted by atomic mass is 9.92. The number of amides is 1. The highest BCUT2D eigenvalue weighted by Gasteiger charge is 2.44. The van der Waals surface area contributed by atoms with Crippen molar-refractivity contribution in [1.29, 1.82) is 0 Å². The van der Waals surface area contributed by atoms with Gasteiger partial charge in [-0.25, -0.2) is 8.42 Å². The molecule has 2 rings (SSSR count). The van der Waals surface area contributed by atoms with Crippen LogP contribution in [0.25, 0.3) is 0 Å². The highest BCUT2D eigenvalue weighted by Crippen LogP contribution is 2.25. The van der Waals surface area contributed by atoms with Crippen molar-refractivity contribution in [2.45, 2.75) is 37.7 Å². The van der Waals surface area contributed by atoms with Crippen molar-refractivity contribution in [2.75, 3.05) is 6.61 Å². The van der Waals surface area contributed by atoms with Crippen LogP contribution in [-0.2, 0) is 20.6 Å². The van der Waals surface area contributed by atoms with E-state index < -0.39 is 27.6 Å². The number of terminal acetylenes is 1. The Morgan fingerprint density at radius 2 is 1.77 bits per heavy atom. The largest absolute Gasteiger partial charge is 0.494 e. The molecule has 0 aliphatic heterocycles. The second-order valence-corrected chi connectivity index (χ2v) is 8.55. The molecule has 0 spiro atoms. The summed E-state index contributed by atoms with van der Waals surface area (Å²) in [4.78, 5) is 12.3. The molecule has 0 saturated heterocycles. The number of hydrogen-bond acceptors (Lipinski definition) is 5. The molecule has 2 aromatic rings. The number of primary amides is 1. The predicted molar refractivity (Wildman–Crippen MR) is 115 cm³/mol. The van der Waals surface area contributed by atoms with Gasteiger partial charge in [0, 0.05) is 6.42 Å². The fourth-order valence-electron chi connectivity index (χ4n) is 2.84. The molecule has 30 heavy (non-hydrogen) atoms. The van der Waals surface area contributed by atoms with E-state index in [0.717, 1.165) is 0 Å². The van der Waals surface area contributed by atoms with Gasteiger partial charge in [-0.05, 0) is 43.7 Å². The Morgan fingerprint density at radius 3 is 2.30 bits per heavy atom. The van der Waals surface area contributed by atoms with Crippen LogP contribution in [0.5, 0.6) is 11.5 Å². The number of benzene rings is 2. The molecule has 1 amide bonds. The number of hydrogen-bond donors (Lipinski definition) is 2. The molecule has 2 unspecified atom stereocenters. The molecule has 2 aromatic carbocycles. The Balaban J connectivity index is 2.27. The summed E-state index contributed by atoms with van der Waals surface area (Å²) in [6.07, 6.45) is 4.39. The second-order valence-electron chi connectivity index (χ2n) is 6.83. The molecule has 7 nitrogen and oxygen atoms in total. The van der Waals surface area contributed by atoms with Crippen molar-refractivity contribution in [2.24, 2.45) is 5.73 Å². The van der Waals surface area contributed by atoms with Crippen LogP contribution in [0.2, 0.25) is 0 Å². The molecule has 0 heterocycles. The number of ether oxygens (including phenoxy) is 2. The average molecular weight is 431 g/mol. The summed E-state index contributed by atoms with van der Waals surface area (Å²) in [7, 11) is -3.93. The normalized spacial score (nSPS) is 14.2. The lowest BCUT2D eigenvalue weighted by molar-refractivity contribution is -0.126. The third-order valence-electron chi connectivity index (χ3n) is 4.44. The first kappa shape index (κ1) is 23.3. The standard InChI is InChI=1S/C22H26N2O5S/c1-4-9-20(29-19-14-12-18(13-15-19)28-5-2)22(3,21(23)25)24-30(26,27)16-17-10-7-6-8-11-17/h1,6-8,10-15,20,24H,5,9,16H2,2-3H3,(H2,23,25). The third-order valence-corrected chi connectivity index (χ3v) is 5.89. The van der Waals surface area contributed by atoms with Crippen molar-refractivity contribution in [3.05, 3.63) is 60.2 Å². The van der Waals surface area contributed by atoms with Crippen molar-refractivity contribution in [3.8, 4) is 23.8 Å². The summed E-state index contributed by atoms with van der Waals surface area (Å²) < 4.78 is 39.2. The second kappa shape index (κ2) is 10.1. The first-order valence-corrected chi connectivity index (χ1v) is 11.0. The van der Waals surface area contributed by atoms with Gasteiger partial charge in [-0.15, -0.1) is 12.3 Å². The molecule has 0 aliphatic rings. The molecule has 160 valence electrons. The number of rotatable bonds is 11. The van der Waals surface area contributed by atoms with Crippen molar-refractivity contribution in [1.82, 2.24) is 4.72 Å². The molecule has 2 atom stereocenters. The van der Waals surface area contributed by atoms with Gasteiger partial charge in [-0.1, -0.05) is 30.3 Å². The highest BCUT2D eigenvalue weighted by atomic mass is 32.2. The van der Waals surface area contributed by atoms with Crippen LogP contribution in [0.15, 0.2) is 54.6 Å². The average Bonchev–Trinajstić information content (AvgIpc) is 2.69. The lowest BCUT2D eigenvalue weighted by Crippen LogP contribution is -2.64. The van der Waals surface area contributed by atoms with E-state index in [1.807, 2.05) is 6.92 Å². The minimum absolute atomic E-state index is 0.0412. The summed E-state index contributed by atoms with van der Waals surface area (Å²) >= 11 is 0. The Kier molecular flexibility index (Phi) is 7.86. The van der Waals surface area contributed by atoms with E-state index in [1.54, 1.807) is 54.6 Å². The van der Waals surface area contributed by atoms with Crippen LogP contribution >= 0.6 is 0 Å². The molecule has 0 saturated carbocycles. The van der Waals surface area contributed by atoms with E-state index in [4.69, 9.17) is 21.6 Å². The lowest BCUT2D eigenvalue weighted by Gasteiger charge is -2.34. The molecular weight excluding hydrogens is 404 g/mol. The van der Waals surface area contributed by atoms with Gasteiger partial charge in [0.1, 0.15) is 23.1 Å². The van der Waals surface area contributed by atoms with Crippen molar-refractivity contribution >= 4 is 15.9 Å². The topological polar surface area (TPSA) is 108 Å². The smallest absolute Gasteiger partial charge is 0.242 e. The molecule has 0 aliphatic carbocycles. The number of nitrogens with one attached hydrogen (secondary N) is 1. The summed E-state index contributed by atoms with van der Waals surface area (Å²) in [6.45, 7) is 3.75. The summed E-state index contributed by atoms with van der Waals surface area (Å²) in [5, 5.41) is 0. The summed E-state index contributed by atoms with van der Waals surface area (Å²) in [5.74, 6) is 2.26.